The molecule has 0 heterocycles. The van der Waals surface area contributed by atoms with Gasteiger partial charge in [-0.15, -0.1) is 0 Å². The molecule has 7 nitrogen and oxygen atoms in total. The van der Waals surface area contributed by atoms with Crippen LogP contribution >= 0.6 is 0 Å². The molecule has 0 atom stereocenters. The van der Waals surface area contributed by atoms with Crippen molar-refractivity contribution < 1.29 is 14.5 Å². The molecule has 3 N–H and O–H groups in total. The number of nitro benzene ring substituents is 1. The van der Waals surface area contributed by atoms with E-state index in [4.69, 9.17) is 10.5 Å². The fourth-order valence-electron chi connectivity index (χ4n) is 1.81. The molecular formula is C17H15N3O4. The second kappa shape index (κ2) is 8.19. The third kappa shape index (κ3) is 5.03. The first kappa shape index (κ1) is 16.8. The van der Waals surface area contributed by atoms with Crippen LogP contribution in [0.25, 0.3) is 0 Å². The van der Waals surface area contributed by atoms with Crippen LogP contribution in [0.15, 0.2) is 48.5 Å². The summed E-state index contributed by atoms with van der Waals surface area (Å²) >= 11 is 0. The van der Waals surface area contributed by atoms with Gasteiger partial charge >= 0.3 is 6.09 Å². The molecular weight excluding hydrogens is 310 g/mol. The summed E-state index contributed by atoms with van der Waals surface area (Å²) in [5, 5.41) is 13.1. The summed E-state index contributed by atoms with van der Waals surface area (Å²) < 4.78 is 5.03. The standard InChI is InChI=1S/C17H15N3O4/c18-16-11-15(20(22)23)9-8-14(16)7-4-10-19-17(21)24-12-13-5-2-1-3-6-13/h1-3,5-6,8-9,11H,10,12,18H2,(H,19,21). The fraction of sp³-hybridized carbons (Fsp3) is 0.118. The van der Waals surface area contributed by atoms with Crippen molar-refractivity contribution in [1.29, 1.82) is 0 Å². The molecule has 2 aromatic carbocycles. The van der Waals surface area contributed by atoms with Crippen molar-refractivity contribution in [1.82, 2.24) is 5.32 Å². The SMILES string of the molecule is Nc1cc([N+](=O)[O-])ccc1C#CCNC(=O)OCc1ccccc1. The van der Waals surface area contributed by atoms with Gasteiger partial charge in [0.05, 0.1) is 17.2 Å². The largest absolute Gasteiger partial charge is 0.445 e. The molecule has 0 bridgehead atoms. The predicted molar refractivity (Wildman–Crippen MR) is 89.0 cm³/mol. The molecule has 0 saturated carbocycles. The monoisotopic (exact) mass is 325 g/mol. The number of nitrogens with two attached hydrogens (primary N) is 1. The number of nitrogens with zero attached hydrogens (tertiary/aromatic N) is 1. The molecule has 0 aliphatic heterocycles. The number of nitrogens with one attached hydrogen (secondary N) is 1. The van der Waals surface area contributed by atoms with E-state index in [2.05, 4.69) is 17.2 Å². The van der Waals surface area contributed by atoms with E-state index < -0.39 is 11.0 Å². The van der Waals surface area contributed by atoms with E-state index in [0.29, 0.717) is 5.56 Å². The maximum absolute atomic E-state index is 11.5. The van der Waals surface area contributed by atoms with E-state index in [1.165, 1.54) is 18.2 Å². The lowest BCUT2D eigenvalue weighted by Gasteiger charge is -2.04. The molecule has 0 unspecified atom stereocenters. The Labute approximate surface area is 138 Å². The predicted octanol–water partition coefficient (Wildman–Crippen LogP) is 2.45. The summed E-state index contributed by atoms with van der Waals surface area (Å²) in [4.78, 5) is 21.6. The highest BCUT2D eigenvalue weighted by atomic mass is 16.6. The molecule has 122 valence electrons. The molecule has 24 heavy (non-hydrogen) atoms. The minimum Gasteiger partial charge on any atom is -0.445 e. The molecule has 7 heteroatoms. The number of hydrogen-bond acceptors (Lipinski definition) is 5. The Bertz CT molecular complexity index is 794. The average Bonchev–Trinajstić information content (AvgIpc) is 2.58. The summed E-state index contributed by atoms with van der Waals surface area (Å²) in [6.45, 7) is 0.249. The zero-order valence-corrected chi connectivity index (χ0v) is 12.7. The second-order valence-electron chi connectivity index (χ2n) is 4.75. The molecule has 0 aromatic heterocycles. The summed E-state index contributed by atoms with van der Waals surface area (Å²) in [6, 6.07) is 13.3. The van der Waals surface area contributed by atoms with Gasteiger partial charge in [0.1, 0.15) is 6.61 Å². The maximum atomic E-state index is 11.5. The lowest BCUT2D eigenvalue weighted by Crippen LogP contribution is -2.24. The molecule has 0 spiro atoms. The van der Waals surface area contributed by atoms with Crippen LogP contribution in [0.4, 0.5) is 16.2 Å². The van der Waals surface area contributed by atoms with Gasteiger partial charge in [0, 0.05) is 17.7 Å². The normalized spacial score (nSPS) is 9.50. The van der Waals surface area contributed by atoms with Crippen LogP contribution in [0.2, 0.25) is 0 Å². The molecule has 0 aliphatic carbocycles. The van der Waals surface area contributed by atoms with E-state index in [0.717, 1.165) is 5.56 Å². The van der Waals surface area contributed by atoms with Crippen molar-refractivity contribution in [3.63, 3.8) is 0 Å². The number of non-ortho nitro benzene ring substituents is 1. The topological polar surface area (TPSA) is 107 Å². The first-order chi connectivity index (χ1) is 11.6. The number of benzene rings is 2. The molecule has 0 saturated heterocycles. The quantitative estimate of drug-likeness (QED) is 0.388. The highest BCUT2D eigenvalue weighted by molar-refractivity contribution is 5.67. The number of alkyl carbamates (subject to hydrolysis) is 1. The summed E-state index contributed by atoms with van der Waals surface area (Å²) in [5.41, 5.74) is 7.15. The van der Waals surface area contributed by atoms with E-state index in [1.807, 2.05) is 30.3 Å². The zero-order chi connectivity index (χ0) is 17.4. The Balaban J connectivity index is 1.81. The molecule has 0 aliphatic rings. The third-order valence-corrected chi connectivity index (χ3v) is 3.00. The van der Waals surface area contributed by atoms with E-state index in [9.17, 15) is 14.9 Å². The van der Waals surface area contributed by atoms with Crippen molar-refractivity contribution in [2.75, 3.05) is 12.3 Å². The van der Waals surface area contributed by atoms with E-state index in [-0.39, 0.29) is 24.5 Å². The fourth-order valence-corrected chi connectivity index (χ4v) is 1.81. The number of carbonyl (C=O) groups is 1. The van der Waals surface area contributed by atoms with E-state index in [1.54, 1.807) is 0 Å². The Kier molecular flexibility index (Phi) is 5.75. The van der Waals surface area contributed by atoms with Gasteiger partial charge in [-0.05, 0) is 11.6 Å². The number of ether oxygens (including phenoxy) is 1. The third-order valence-electron chi connectivity index (χ3n) is 3.00. The zero-order valence-electron chi connectivity index (χ0n) is 12.7. The lowest BCUT2D eigenvalue weighted by molar-refractivity contribution is -0.384. The minimum absolute atomic E-state index is 0.0735. The van der Waals surface area contributed by atoms with Gasteiger partial charge in [0.15, 0.2) is 0 Å². The molecule has 1 amide bonds. The summed E-state index contributed by atoms with van der Waals surface area (Å²) in [5.74, 6) is 5.45. The van der Waals surface area contributed by atoms with Crippen molar-refractivity contribution in [2.45, 2.75) is 6.61 Å². The second-order valence-corrected chi connectivity index (χ2v) is 4.75. The number of nitrogen functional groups attached to an aromatic ring is 1. The highest BCUT2D eigenvalue weighted by Crippen LogP contribution is 2.18. The molecule has 2 aromatic rings. The minimum atomic E-state index is -0.579. The number of carbonyl (C=O) groups excluding carboxylic acids is 1. The molecule has 0 radical (unpaired) electrons. The van der Waals surface area contributed by atoms with Gasteiger partial charge in [-0.25, -0.2) is 4.79 Å². The number of rotatable bonds is 4. The van der Waals surface area contributed by atoms with Gasteiger partial charge in [0.25, 0.3) is 5.69 Å². The van der Waals surface area contributed by atoms with Crippen molar-refractivity contribution in [3.05, 3.63) is 69.8 Å². The van der Waals surface area contributed by atoms with Crippen LogP contribution in [0.5, 0.6) is 0 Å². The van der Waals surface area contributed by atoms with Crippen LogP contribution in [0.1, 0.15) is 11.1 Å². The van der Waals surface area contributed by atoms with Crippen molar-refractivity contribution in [3.8, 4) is 11.8 Å². The molecule has 2 rings (SSSR count). The van der Waals surface area contributed by atoms with Crippen LogP contribution in [-0.2, 0) is 11.3 Å². The van der Waals surface area contributed by atoms with Crippen LogP contribution in [-0.4, -0.2) is 17.6 Å². The first-order valence-electron chi connectivity index (χ1n) is 7.03. The summed E-state index contributed by atoms with van der Waals surface area (Å²) in [7, 11) is 0. The van der Waals surface area contributed by atoms with Gasteiger partial charge in [-0.3, -0.25) is 10.1 Å². The number of hydrogen-bond donors (Lipinski definition) is 2. The highest BCUT2D eigenvalue weighted by Gasteiger charge is 2.07. The number of anilines is 1. The van der Waals surface area contributed by atoms with Crippen molar-refractivity contribution >= 4 is 17.5 Å². The van der Waals surface area contributed by atoms with E-state index >= 15 is 0 Å². The maximum Gasteiger partial charge on any atom is 0.408 e. The Hall–Kier alpha value is -3.53. The van der Waals surface area contributed by atoms with Crippen LogP contribution < -0.4 is 11.1 Å². The molecule has 0 fully saturated rings. The van der Waals surface area contributed by atoms with Gasteiger partial charge in [-0.2, -0.15) is 0 Å². The van der Waals surface area contributed by atoms with Crippen LogP contribution in [0.3, 0.4) is 0 Å². The Morgan fingerprint density at radius 1 is 1.25 bits per heavy atom. The Morgan fingerprint density at radius 2 is 2.00 bits per heavy atom. The Morgan fingerprint density at radius 3 is 2.67 bits per heavy atom. The van der Waals surface area contributed by atoms with Gasteiger partial charge in [-0.1, -0.05) is 42.2 Å². The van der Waals surface area contributed by atoms with Gasteiger partial charge in [0.2, 0.25) is 0 Å². The van der Waals surface area contributed by atoms with Crippen LogP contribution in [0, 0.1) is 22.0 Å². The number of amides is 1. The summed E-state index contributed by atoms with van der Waals surface area (Å²) in [6.07, 6.45) is -0.579. The van der Waals surface area contributed by atoms with Gasteiger partial charge < -0.3 is 15.8 Å². The average molecular weight is 325 g/mol. The number of nitro groups is 1. The lowest BCUT2D eigenvalue weighted by atomic mass is 10.1. The van der Waals surface area contributed by atoms with Crippen molar-refractivity contribution in [2.24, 2.45) is 0 Å². The smallest absolute Gasteiger partial charge is 0.408 e. The first-order valence-corrected chi connectivity index (χ1v) is 7.03.